The van der Waals surface area contributed by atoms with Gasteiger partial charge in [0.15, 0.2) is 11.5 Å². The molecule has 6 nitrogen and oxygen atoms in total. The average molecular weight is 419 g/mol. The van der Waals surface area contributed by atoms with Crippen LogP contribution in [-0.2, 0) is 19.1 Å². The number of carbonyl (C=O) groups excluding carboxylic acids is 2. The number of unbranched alkanes of at least 4 members (excludes halogenated alkanes) is 3. The molecule has 6 heteroatoms. The molecule has 0 atom stereocenters. The average Bonchev–Trinajstić information content (AvgIpc) is 2.73. The Labute approximate surface area is 179 Å². The van der Waals surface area contributed by atoms with Gasteiger partial charge < -0.3 is 18.9 Å². The number of hydrogen-bond donors (Lipinski definition) is 0. The monoisotopic (exact) mass is 418 g/mol. The molecule has 0 fully saturated rings. The lowest BCUT2D eigenvalue weighted by Crippen LogP contribution is -2.06. The summed E-state index contributed by atoms with van der Waals surface area (Å²) < 4.78 is 21.5. The molecule has 1 rings (SSSR count). The van der Waals surface area contributed by atoms with Gasteiger partial charge in [-0.1, -0.05) is 19.6 Å². The first-order valence-electron chi connectivity index (χ1n) is 10.5. The second-order valence-electron chi connectivity index (χ2n) is 6.82. The van der Waals surface area contributed by atoms with E-state index < -0.39 is 0 Å². The minimum atomic E-state index is -0.379. The topological polar surface area (TPSA) is 71.1 Å². The van der Waals surface area contributed by atoms with E-state index in [1.165, 1.54) is 6.08 Å². The first-order valence-corrected chi connectivity index (χ1v) is 10.5. The molecule has 0 aromatic heterocycles. The minimum absolute atomic E-state index is 0.354. The van der Waals surface area contributed by atoms with Crippen molar-refractivity contribution < 1.29 is 28.5 Å². The van der Waals surface area contributed by atoms with Gasteiger partial charge in [0.1, 0.15) is 0 Å². The van der Waals surface area contributed by atoms with Gasteiger partial charge in [-0.15, -0.1) is 0 Å². The van der Waals surface area contributed by atoms with E-state index in [4.69, 9.17) is 18.9 Å². The molecule has 0 heterocycles. The van der Waals surface area contributed by atoms with Crippen LogP contribution in [0, 0.1) is 0 Å². The van der Waals surface area contributed by atoms with E-state index in [2.05, 4.69) is 6.58 Å². The van der Waals surface area contributed by atoms with E-state index in [9.17, 15) is 9.59 Å². The summed E-state index contributed by atoms with van der Waals surface area (Å²) in [4.78, 5) is 23.1. The molecule has 0 spiro atoms. The highest BCUT2D eigenvalue weighted by Crippen LogP contribution is 2.29. The predicted octanol–water partition coefficient (Wildman–Crippen LogP) is 5.11. The number of carbonyl (C=O) groups is 2. The Balaban J connectivity index is 2.30. The Morgan fingerprint density at radius 3 is 2.27 bits per heavy atom. The van der Waals surface area contributed by atoms with Crippen LogP contribution in [0.25, 0.3) is 6.08 Å². The highest BCUT2D eigenvalue weighted by molar-refractivity contribution is 5.87. The van der Waals surface area contributed by atoms with Crippen LogP contribution in [0.1, 0.15) is 58.4 Å². The lowest BCUT2D eigenvalue weighted by molar-refractivity contribution is -0.139. The summed E-state index contributed by atoms with van der Waals surface area (Å²) in [6.07, 6.45) is 7.38. The first-order chi connectivity index (χ1) is 14.5. The molecule has 0 saturated carbocycles. The largest absolute Gasteiger partial charge is 0.490 e. The van der Waals surface area contributed by atoms with Crippen LogP contribution in [0.4, 0.5) is 0 Å². The summed E-state index contributed by atoms with van der Waals surface area (Å²) in [5.74, 6) is 0.630. The maximum Gasteiger partial charge on any atom is 0.333 e. The molecule has 0 unspecified atom stereocenters. The maximum absolute atomic E-state index is 11.9. The molecule has 0 aliphatic heterocycles. The molecule has 1 aromatic rings. The van der Waals surface area contributed by atoms with E-state index >= 15 is 0 Å². The van der Waals surface area contributed by atoms with Crippen molar-refractivity contribution in [1.82, 2.24) is 0 Å². The van der Waals surface area contributed by atoms with Crippen molar-refractivity contribution in [2.45, 2.75) is 52.9 Å². The normalized spacial score (nSPS) is 10.6. The quantitative estimate of drug-likeness (QED) is 0.224. The third kappa shape index (κ3) is 10.7. The Morgan fingerprint density at radius 2 is 1.63 bits per heavy atom. The van der Waals surface area contributed by atoms with Crippen molar-refractivity contribution in [3.8, 4) is 11.5 Å². The molecule has 0 N–H and O–H groups in total. The van der Waals surface area contributed by atoms with E-state index in [0.29, 0.717) is 43.5 Å². The summed E-state index contributed by atoms with van der Waals surface area (Å²) in [6, 6.07) is 5.56. The second kappa shape index (κ2) is 15.1. The number of benzene rings is 1. The molecule has 0 saturated heterocycles. The first kappa shape index (κ1) is 25.3. The van der Waals surface area contributed by atoms with Gasteiger partial charge >= 0.3 is 11.9 Å². The fourth-order valence-electron chi connectivity index (χ4n) is 2.46. The van der Waals surface area contributed by atoms with Crippen molar-refractivity contribution >= 4 is 18.0 Å². The van der Waals surface area contributed by atoms with Gasteiger partial charge in [0, 0.05) is 11.6 Å². The molecule has 166 valence electrons. The molecule has 0 bridgehead atoms. The number of hydrogen-bond acceptors (Lipinski definition) is 6. The third-order valence-electron chi connectivity index (χ3n) is 4.01. The van der Waals surface area contributed by atoms with Gasteiger partial charge in [0.25, 0.3) is 0 Å². The van der Waals surface area contributed by atoms with Crippen LogP contribution < -0.4 is 9.47 Å². The van der Waals surface area contributed by atoms with E-state index in [1.54, 1.807) is 13.0 Å². The Kier molecular flexibility index (Phi) is 12.7. The van der Waals surface area contributed by atoms with Crippen molar-refractivity contribution in [3.63, 3.8) is 0 Å². The maximum atomic E-state index is 11.9. The van der Waals surface area contributed by atoms with Gasteiger partial charge in [0.2, 0.25) is 0 Å². The van der Waals surface area contributed by atoms with Crippen molar-refractivity contribution in [3.05, 3.63) is 42.0 Å². The Hall–Kier alpha value is -2.76. The van der Waals surface area contributed by atoms with Gasteiger partial charge in [-0.25, -0.2) is 9.59 Å². The summed E-state index contributed by atoms with van der Waals surface area (Å²) in [5, 5.41) is 0. The Morgan fingerprint density at radius 1 is 0.933 bits per heavy atom. The minimum Gasteiger partial charge on any atom is -0.490 e. The zero-order valence-corrected chi connectivity index (χ0v) is 18.4. The lowest BCUT2D eigenvalue weighted by Gasteiger charge is -2.12. The number of ether oxygens (including phenoxy) is 4. The van der Waals surface area contributed by atoms with Crippen LogP contribution >= 0.6 is 0 Å². The molecule has 0 aliphatic rings. The van der Waals surface area contributed by atoms with Crippen LogP contribution in [0.3, 0.4) is 0 Å². The summed E-state index contributed by atoms with van der Waals surface area (Å²) in [5.41, 5.74) is 1.25. The molecule has 0 aliphatic carbocycles. The van der Waals surface area contributed by atoms with Gasteiger partial charge in [-0.3, -0.25) is 0 Å². The summed E-state index contributed by atoms with van der Waals surface area (Å²) in [7, 11) is 0. The summed E-state index contributed by atoms with van der Waals surface area (Å²) in [6.45, 7) is 11.0. The second-order valence-corrected chi connectivity index (χ2v) is 6.82. The fourth-order valence-corrected chi connectivity index (χ4v) is 2.46. The zero-order valence-electron chi connectivity index (χ0n) is 18.4. The van der Waals surface area contributed by atoms with Crippen LogP contribution in [0.15, 0.2) is 36.4 Å². The van der Waals surface area contributed by atoms with E-state index in [1.807, 2.05) is 32.0 Å². The number of rotatable bonds is 15. The summed E-state index contributed by atoms with van der Waals surface area (Å²) >= 11 is 0. The fraction of sp³-hybridized carbons (Fsp3) is 0.500. The Bertz CT molecular complexity index is 708. The lowest BCUT2D eigenvalue weighted by atomic mass is 10.2. The van der Waals surface area contributed by atoms with Crippen molar-refractivity contribution in [2.24, 2.45) is 0 Å². The smallest absolute Gasteiger partial charge is 0.333 e. The molecular formula is C24H34O6. The van der Waals surface area contributed by atoms with E-state index in [0.717, 1.165) is 37.7 Å². The third-order valence-corrected chi connectivity index (χ3v) is 4.01. The molecule has 1 aromatic carbocycles. The molecule has 0 amide bonds. The number of esters is 2. The van der Waals surface area contributed by atoms with Gasteiger partial charge in [0.05, 0.1) is 26.4 Å². The standard InChI is InChI=1S/C24H34O6/c1-5-15-28-22-18-20(11-13-21(22)27-6-2)12-14-23(25)29-16-9-7-8-10-17-30-24(26)19(3)4/h11-14,18H,3,5-10,15-17H2,1-2,4H3/b14-12+. The van der Waals surface area contributed by atoms with E-state index in [-0.39, 0.29) is 11.9 Å². The molecule has 0 radical (unpaired) electrons. The predicted molar refractivity (Wildman–Crippen MR) is 118 cm³/mol. The molecular weight excluding hydrogens is 384 g/mol. The van der Waals surface area contributed by atoms with Gasteiger partial charge in [-0.05, 0) is 69.7 Å². The van der Waals surface area contributed by atoms with Gasteiger partial charge in [-0.2, -0.15) is 0 Å². The molecule has 30 heavy (non-hydrogen) atoms. The highest BCUT2D eigenvalue weighted by atomic mass is 16.5. The van der Waals surface area contributed by atoms with Crippen LogP contribution in [-0.4, -0.2) is 38.4 Å². The zero-order chi connectivity index (χ0) is 22.2. The SMILES string of the molecule is C=C(C)C(=O)OCCCCCCOC(=O)/C=C/c1ccc(OCC)c(OCCC)c1. The highest BCUT2D eigenvalue weighted by Gasteiger charge is 2.06. The van der Waals surface area contributed by atoms with Crippen molar-refractivity contribution in [1.29, 1.82) is 0 Å². The van der Waals surface area contributed by atoms with Crippen molar-refractivity contribution in [2.75, 3.05) is 26.4 Å². The van der Waals surface area contributed by atoms with Crippen LogP contribution in [0.2, 0.25) is 0 Å². The van der Waals surface area contributed by atoms with Crippen LogP contribution in [0.5, 0.6) is 11.5 Å².